The SMILES string of the molecule is C=CCN(CCO)Cc1csc(Cc2ccccc2)n1. The predicted molar refractivity (Wildman–Crippen MR) is 83.9 cm³/mol. The first kappa shape index (κ1) is 14.9. The molecule has 106 valence electrons. The first-order valence-electron chi connectivity index (χ1n) is 6.73. The predicted octanol–water partition coefficient (Wildman–Crippen LogP) is 2.71. The third-order valence-electron chi connectivity index (χ3n) is 2.99. The van der Waals surface area contributed by atoms with Crippen LogP contribution in [0.1, 0.15) is 16.3 Å². The van der Waals surface area contributed by atoms with Crippen LogP contribution in [-0.4, -0.2) is 34.7 Å². The number of rotatable bonds is 8. The van der Waals surface area contributed by atoms with Gasteiger partial charge in [-0.15, -0.1) is 17.9 Å². The van der Waals surface area contributed by atoms with E-state index in [2.05, 4.69) is 46.1 Å². The maximum absolute atomic E-state index is 9.05. The topological polar surface area (TPSA) is 36.4 Å². The molecule has 0 saturated carbocycles. The van der Waals surface area contributed by atoms with E-state index in [4.69, 9.17) is 5.11 Å². The second-order valence-corrected chi connectivity index (χ2v) is 5.59. The Hall–Kier alpha value is -1.49. The van der Waals surface area contributed by atoms with Crippen molar-refractivity contribution in [2.45, 2.75) is 13.0 Å². The van der Waals surface area contributed by atoms with Crippen LogP contribution in [0, 0.1) is 0 Å². The molecule has 0 aliphatic carbocycles. The minimum Gasteiger partial charge on any atom is -0.395 e. The number of hydrogen-bond acceptors (Lipinski definition) is 4. The number of aliphatic hydroxyl groups is 1. The lowest BCUT2D eigenvalue weighted by molar-refractivity contribution is 0.202. The zero-order chi connectivity index (χ0) is 14.2. The van der Waals surface area contributed by atoms with E-state index in [1.54, 1.807) is 11.3 Å². The van der Waals surface area contributed by atoms with Gasteiger partial charge in [-0.25, -0.2) is 4.98 Å². The van der Waals surface area contributed by atoms with Crippen molar-refractivity contribution in [2.75, 3.05) is 19.7 Å². The van der Waals surface area contributed by atoms with E-state index >= 15 is 0 Å². The maximum Gasteiger partial charge on any atom is 0.0972 e. The minimum absolute atomic E-state index is 0.162. The summed E-state index contributed by atoms with van der Waals surface area (Å²) in [7, 11) is 0. The Labute approximate surface area is 124 Å². The molecular formula is C16H20N2OS. The Morgan fingerprint density at radius 2 is 2.10 bits per heavy atom. The number of thiazole rings is 1. The summed E-state index contributed by atoms with van der Waals surface area (Å²) >= 11 is 1.70. The fraction of sp³-hybridized carbons (Fsp3) is 0.312. The van der Waals surface area contributed by atoms with Gasteiger partial charge >= 0.3 is 0 Å². The molecule has 3 nitrogen and oxygen atoms in total. The highest BCUT2D eigenvalue weighted by Crippen LogP contribution is 2.16. The first-order chi connectivity index (χ1) is 9.81. The van der Waals surface area contributed by atoms with Crippen molar-refractivity contribution in [1.29, 1.82) is 0 Å². The molecule has 0 saturated heterocycles. The average molecular weight is 288 g/mol. The monoisotopic (exact) mass is 288 g/mol. The molecule has 0 fully saturated rings. The van der Waals surface area contributed by atoms with Crippen LogP contribution < -0.4 is 0 Å². The number of benzene rings is 1. The second kappa shape index (κ2) is 7.94. The number of aromatic nitrogens is 1. The van der Waals surface area contributed by atoms with Gasteiger partial charge in [0.2, 0.25) is 0 Å². The van der Waals surface area contributed by atoms with Gasteiger partial charge in [0, 0.05) is 31.4 Å². The summed E-state index contributed by atoms with van der Waals surface area (Å²) in [6.07, 6.45) is 2.74. The number of hydrogen-bond donors (Lipinski definition) is 1. The zero-order valence-electron chi connectivity index (χ0n) is 11.5. The molecule has 20 heavy (non-hydrogen) atoms. The molecule has 0 unspecified atom stereocenters. The lowest BCUT2D eigenvalue weighted by atomic mass is 10.2. The van der Waals surface area contributed by atoms with Crippen molar-refractivity contribution in [1.82, 2.24) is 9.88 Å². The van der Waals surface area contributed by atoms with Crippen LogP contribution in [0.5, 0.6) is 0 Å². The molecule has 0 bridgehead atoms. The molecule has 2 rings (SSSR count). The molecular weight excluding hydrogens is 268 g/mol. The van der Waals surface area contributed by atoms with E-state index in [0.717, 1.165) is 30.2 Å². The van der Waals surface area contributed by atoms with Crippen molar-refractivity contribution in [3.8, 4) is 0 Å². The van der Waals surface area contributed by atoms with E-state index in [9.17, 15) is 0 Å². The Kier molecular flexibility index (Phi) is 5.92. The van der Waals surface area contributed by atoms with Crippen LogP contribution in [0.4, 0.5) is 0 Å². The molecule has 1 aromatic carbocycles. The normalized spacial score (nSPS) is 10.9. The highest BCUT2D eigenvalue weighted by Gasteiger charge is 2.08. The van der Waals surface area contributed by atoms with Crippen molar-refractivity contribution in [2.24, 2.45) is 0 Å². The summed E-state index contributed by atoms with van der Waals surface area (Å²) in [5, 5.41) is 12.3. The van der Waals surface area contributed by atoms with E-state index in [1.165, 1.54) is 5.56 Å². The molecule has 0 spiro atoms. The lowest BCUT2D eigenvalue weighted by Gasteiger charge is -2.17. The highest BCUT2D eigenvalue weighted by molar-refractivity contribution is 7.09. The Bertz CT molecular complexity index is 524. The van der Waals surface area contributed by atoms with Gasteiger partial charge in [-0.1, -0.05) is 36.4 Å². The number of aliphatic hydroxyl groups excluding tert-OH is 1. The summed E-state index contributed by atoms with van der Waals surface area (Å²) in [5.41, 5.74) is 2.35. The zero-order valence-corrected chi connectivity index (χ0v) is 12.4. The van der Waals surface area contributed by atoms with E-state index < -0.39 is 0 Å². The summed E-state index contributed by atoms with van der Waals surface area (Å²) in [6.45, 7) is 6.09. The summed E-state index contributed by atoms with van der Waals surface area (Å²) < 4.78 is 0. The lowest BCUT2D eigenvalue weighted by Crippen LogP contribution is -2.26. The van der Waals surface area contributed by atoms with Gasteiger partial charge in [-0.2, -0.15) is 0 Å². The molecule has 1 aromatic heterocycles. The van der Waals surface area contributed by atoms with Gasteiger partial charge in [-0.3, -0.25) is 4.90 Å². The van der Waals surface area contributed by atoms with Crippen molar-refractivity contribution in [3.05, 3.63) is 64.6 Å². The molecule has 0 radical (unpaired) electrons. The van der Waals surface area contributed by atoms with Crippen molar-refractivity contribution >= 4 is 11.3 Å². The first-order valence-corrected chi connectivity index (χ1v) is 7.61. The van der Waals surface area contributed by atoms with Crippen LogP contribution in [0.15, 0.2) is 48.4 Å². The van der Waals surface area contributed by atoms with Gasteiger partial charge in [0.1, 0.15) is 0 Å². The van der Waals surface area contributed by atoms with E-state index in [0.29, 0.717) is 6.54 Å². The number of nitrogens with zero attached hydrogens (tertiary/aromatic N) is 2. The van der Waals surface area contributed by atoms with E-state index in [-0.39, 0.29) is 6.61 Å². The van der Waals surface area contributed by atoms with Crippen LogP contribution in [0.3, 0.4) is 0 Å². The van der Waals surface area contributed by atoms with Gasteiger partial charge < -0.3 is 5.11 Å². The second-order valence-electron chi connectivity index (χ2n) is 4.64. The van der Waals surface area contributed by atoms with E-state index in [1.807, 2.05) is 12.1 Å². The molecule has 2 aromatic rings. The quantitative estimate of drug-likeness (QED) is 0.759. The molecule has 4 heteroatoms. The van der Waals surface area contributed by atoms with Gasteiger partial charge in [0.15, 0.2) is 0 Å². The molecule has 1 heterocycles. The Morgan fingerprint density at radius 3 is 2.80 bits per heavy atom. The van der Waals surface area contributed by atoms with Crippen LogP contribution in [-0.2, 0) is 13.0 Å². The minimum atomic E-state index is 0.162. The maximum atomic E-state index is 9.05. The molecule has 0 aliphatic heterocycles. The van der Waals surface area contributed by atoms with Crippen LogP contribution in [0.2, 0.25) is 0 Å². The Balaban J connectivity index is 1.96. The third-order valence-corrected chi connectivity index (χ3v) is 3.88. The van der Waals surface area contributed by atoms with Crippen LogP contribution in [0.25, 0.3) is 0 Å². The highest BCUT2D eigenvalue weighted by atomic mass is 32.1. The molecule has 0 aliphatic rings. The Morgan fingerprint density at radius 1 is 1.30 bits per heavy atom. The molecule has 0 amide bonds. The van der Waals surface area contributed by atoms with Gasteiger partial charge in [0.05, 0.1) is 17.3 Å². The molecule has 1 N–H and O–H groups in total. The summed E-state index contributed by atoms with van der Waals surface area (Å²) in [5.74, 6) is 0. The van der Waals surface area contributed by atoms with Gasteiger partial charge in [0.25, 0.3) is 0 Å². The van der Waals surface area contributed by atoms with Crippen molar-refractivity contribution in [3.63, 3.8) is 0 Å². The summed E-state index contributed by atoms with van der Waals surface area (Å²) in [4.78, 5) is 6.80. The third kappa shape index (κ3) is 4.56. The average Bonchev–Trinajstić information content (AvgIpc) is 2.88. The molecule has 0 atom stereocenters. The standard InChI is InChI=1S/C16H20N2OS/c1-2-8-18(9-10-19)12-15-13-20-16(17-15)11-14-6-4-3-5-7-14/h2-7,13,19H,1,8-12H2. The van der Waals surface area contributed by atoms with Crippen molar-refractivity contribution < 1.29 is 5.11 Å². The fourth-order valence-corrected chi connectivity index (χ4v) is 2.88. The van der Waals surface area contributed by atoms with Crippen LogP contribution >= 0.6 is 11.3 Å². The smallest absolute Gasteiger partial charge is 0.0972 e. The largest absolute Gasteiger partial charge is 0.395 e. The fourth-order valence-electron chi connectivity index (χ4n) is 2.06. The van der Waals surface area contributed by atoms with Gasteiger partial charge in [-0.05, 0) is 5.56 Å². The summed E-state index contributed by atoms with van der Waals surface area (Å²) in [6, 6.07) is 10.4.